The molecule has 1 N–H and O–H groups in total. The van der Waals surface area contributed by atoms with Crippen molar-refractivity contribution < 1.29 is 9.63 Å². The molecule has 2 heterocycles. The first-order valence-electron chi connectivity index (χ1n) is 12.2. The Hall–Kier alpha value is -2.76. The van der Waals surface area contributed by atoms with Crippen molar-refractivity contribution in [2.24, 2.45) is 5.41 Å². The van der Waals surface area contributed by atoms with Crippen LogP contribution in [-0.2, 0) is 16.1 Å². The van der Waals surface area contributed by atoms with E-state index in [2.05, 4.69) is 55.2 Å². The number of hydroxylamine groups is 2. The van der Waals surface area contributed by atoms with Gasteiger partial charge in [0.2, 0.25) is 5.91 Å². The van der Waals surface area contributed by atoms with Crippen molar-refractivity contribution in [3.05, 3.63) is 72.4 Å². The Morgan fingerprint density at radius 3 is 2.38 bits per heavy atom. The van der Waals surface area contributed by atoms with Crippen LogP contribution >= 0.6 is 0 Å². The highest BCUT2D eigenvalue weighted by molar-refractivity contribution is 6.02. The normalized spacial score (nSPS) is 19.4. The highest BCUT2D eigenvalue weighted by Crippen LogP contribution is 2.39. The summed E-state index contributed by atoms with van der Waals surface area (Å²) in [5.74, 6) is -0.0675. The Labute approximate surface area is 203 Å². The summed E-state index contributed by atoms with van der Waals surface area (Å²) in [5.41, 5.74) is 1.66. The van der Waals surface area contributed by atoms with Crippen LogP contribution < -0.4 is 5.32 Å². The van der Waals surface area contributed by atoms with Crippen molar-refractivity contribution in [1.82, 2.24) is 10.0 Å². The van der Waals surface area contributed by atoms with Gasteiger partial charge in [-0.2, -0.15) is 5.06 Å². The molecule has 1 saturated heterocycles. The van der Waals surface area contributed by atoms with Gasteiger partial charge >= 0.3 is 0 Å². The first-order valence-corrected chi connectivity index (χ1v) is 12.2. The molecule has 1 aromatic heterocycles. The van der Waals surface area contributed by atoms with Crippen LogP contribution in [0.15, 0.2) is 66.9 Å². The molecule has 0 aliphatic carbocycles. The Balaban J connectivity index is 1.62. The smallest absolute Gasteiger partial charge is 0.233 e. The number of aromatic nitrogens is 1. The fraction of sp³-hybridized carbons (Fsp3) is 0.448. The second-order valence-corrected chi connectivity index (χ2v) is 11.1. The number of fused-ring (bicyclic) bond motifs is 1. The molecule has 1 aliphatic rings. The second kappa shape index (κ2) is 9.47. The molecule has 34 heavy (non-hydrogen) atoms. The van der Waals surface area contributed by atoms with Crippen molar-refractivity contribution in [2.45, 2.75) is 71.4 Å². The van der Waals surface area contributed by atoms with Crippen molar-refractivity contribution in [3.63, 3.8) is 0 Å². The maximum absolute atomic E-state index is 13.8. The molecular weight excluding hydrogens is 422 g/mol. The third-order valence-electron chi connectivity index (χ3n) is 7.06. The lowest BCUT2D eigenvalue weighted by Gasteiger charge is -2.52. The molecule has 2 aromatic carbocycles. The molecule has 0 bridgehead atoms. The molecule has 5 heteroatoms. The number of carbonyl (C=O) groups is 1. The van der Waals surface area contributed by atoms with Gasteiger partial charge in [-0.05, 0) is 78.0 Å². The molecule has 0 radical (unpaired) electrons. The van der Waals surface area contributed by atoms with Crippen LogP contribution in [0.2, 0.25) is 0 Å². The van der Waals surface area contributed by atoms with Gasteiger partial charge in [0.25, 0.3) is 0 Å². The van der Waals surface area contributed by atoms with Crippen molar-refractivity contribution in [2.75, 3.05) is 11.9 Å². The molecule has 1 amide bonds. The molecule has 180 valence electrons. The maximum atomic E-state index is 13.8. The lowest BCUT2D eigenvalue weighted by molar-refractivity contribution is -0.290. The number of carbonyl (C=O) groups excluding carboxylic acids is 1. The summed E-state index contributed by atoms with van der Waals surface area (Å²) in [6.07, 6.45) is 5.65. The molecule has 1 atom stereocenters. The van der Waals surface area contributed by atoms with E-state index < -0.39 is 5.41 Å². The minimum absolute atomic E-state index is 0.0675. The number of rotatable bonds is 7. The van der Waals surface area contributed by atoms with Crippen LogP contribution in [0.5, 0.6) is 0 Å². The third-order valence-corrected chi connectivity index (χ3v) is 7.06. The maximum Gasteiger partial charge on any atom is 0.233 e. The monoisotopic (exact) mass is 459 g/mol. The minimum atomic E-state index is -0.776. The average molecular weight is 460 g/mol. The highest BCUT2D eigenvalue weighted by Gasteiger charge is 2.44. The molecule has 0 spiro atoms. The van der Waals surface area contributed by atoms with E-state index in [1.807, 2.05) is 55.5 Å². The number of nitrogens with zero attached hydrogens (tertiary/aromatic N) is 2. The lowest BCUT2D eigenvalue weighted by Crippen LogP contribution is -2.59. The van der Waals surface area contributed by atoms with E-state index in [0.29, 0.717) is 13.0 Å². The molecule has 3 aromatic rings. The summed E-state index contributed by atoms with van der Waals surface area (Å²) in [4.78, 5) is 24.9. The standard InChI is InChI=1S/C29H37N3O2/c1-27(2)17-11-18-28(3,4)32(27)34-21-29(5,20-22-12-7-6-8-13-22)26(33)31-24-16-9-14-23-15-10-19-30-25(23)24/h6-10,12-16,19H,11,17-18,20-21H2,1-5H3,(H,31,33). The predicted molar refractivity (Wildman–Crippen MR) is 138 cm³/mol. The van der Waals surface area contributed by atoms with Crippen LogP contribution in [0.4, 0.5) is 5.69 Å². The summed E-state index contributed by atoms with van der Waals surface area (Å²) in [5, 5.41) is 6.31. The number of piperidine rings is 1. The SMILES string of the molecule is CC(CON1C(C)(C)CCCC1(C)C)(Cc1ccccc1)C(=O)Nc1cccc2cccnc12. The van der Waals surface area contributed by atoms with E-state index in [1.165, 1.54) is 6.42 Å². The van der Waals surface area contributed by atoms with E-state index in [9.17, 15) is 4.79 Å². The Morgan fingerprint density at radius 1 is 1.00 bits per heavy atom. The van der Waals surface area contributed by atoms with E-state index >= 15 is 0 Å². The Kier molecular flexibility index (Phi) is 6.79. The van der Waals surface area contributed by atoms with Crippen LogP contribution in [0, 0.1) is 5.41 Å². The van der Waals surface area contributed by atoms with Gasteiger partial charge in [-0.3, -0.25) is 14.6 Å². The minimum Gasteiger partial charge on any atom is -0.324 e. The molecule has 4 rings (SSSR count). The third kappa shape index (κ3) is 5.16. The Bertz CT molecular complexity index is 1120. The fourth-order valence-corrected chi connectivity index (χ4v) is 5.25. The first-order chi connectivity index (χ1) is 16.1. The number of anilines is 1. The van der Waals surface area contributed by atoms with Gasteiger partial charge in [0.05, 0.1) is 23.2 Å². The summed E-state index contributed by atoms with van der Waals surface area (Å²) in [7, 11) is 0. The number of hydrogen-bond donors (Lipinski definition) is 1. The molecule has 1 fully saturated rings. The van der Waals surface area contributed by atoms with Crippen molar-refractivity contribution >= 4 is 22.5 Å². The summed E-state index contributed by atoms with van der Waals surface area (Å²) >= 11 is 0. The van der Waals surface area contributed by atoms with E-state index in [4.69, 9.17) is 4.84 Å². The van der Waals surface area contributed by atoms with Gasteiger partial charge in [-0.1, -0.05) is 48.5 Å². The molecule has 0 saturated carbocycles. The average Bonchev–Trinajstić information content (AvgIpc) is 2.79. The van der Waals surface area contributed by atoms with Crippen molar-refractivity contribution in [1.29, 1.82) is 0 Å². The van der Waals surface area contributed by atoms with E-state index in [-0.39, 0.29) is 17.0 Å². The summed E-state index contributed by atoms with van der Waals surface area (Å²) < 4.78 is 0. The number of para-hydroxylation sites is 1. The Morgan fingerprint density at radius 2 is 1.68 bits per heavy atom. The number of pyridine rings is 1. The number of hydrogen-bond acceptors (Lipinski definition) is 4. The number of amides is 1. The number of nitrogens with one attached hydrogen (secondary N) is 1. The van der Waals surface area contributed by atoms with Gasteiger partial charge in [-0.15, -0.1) is 0 Å². The molecule has 1 unspecified atom stereocenters. The van der Waals surface area contributed by atoms with Crippen LogP contribution in [-0.4, -0.2) is 33.6 Å². The quantitative estimate of drug-likeness (QED) is 0.444. The van der Waals surface area contributed by atoms with Gasteiger partial charge in [0.1, 0.15) is 0 Å². The van der Waals surface area contributed by atoms with Crippen LogP contribution in [0.1, 0.15) is 59.4 Å². The molecule has 5 nitrogen and oxygen atoms in total. The predicted octanol–water partition coefficient (Wildman–Crippen LogP) is 6.40. The van der Waals surface area contributed by atoms with Gasteiger partial charge in [0.15, 0.2) is 0 Å². The highest BCUT2D eigenvalue weighted by atomic mass is 16.7. The van der Waals surface area contributed by atoms with E-state index in [0.717, 1.165) is 35.0 Å². The first kappa shape index (κ1) is 24.4. The van der Waals surface area contributed by atoms with Gasteiger partial charge < -0.3 is 5.32 Å². The fourth-order valence-electron chi connectivity index (χ4n) is 5.25. The zero-order valence-electron chi connectivity index (χ0n) is 21.1. The van der Waals surface area contributed by atoms with Gasteiger partial charge in [0, 0.05) is 22.7 Å². The second-order valence-electron chi connectivity index (χ2n) is 11.1. The number of benzene rings is 2. The largest absolute Gasteiger partial charge is 0.324 e. The van der Waals surface area contributed by atoms with Crippen molar-refractivity contribution in [3.8, 4) is 0 Å². The topological polar surface area (TPSA) is 54.5 Å². The lowest BCUT2D eigenvalue weighted by atomic mass is 9.81. The van der Waals surface area contributed by atoms with Gasteiger partial charge in [-0.25, -0.2) is 0 Å². The summed E-state index contributed by atoms with van der Waals surface area (Å²) in [6.45, 7) is 11.2. The molecular formula is C29H37N3O2. The molecule has 1 aliphatic heterocycles. The summed E-state index contributed by atoms with van der Waals surface area (Å²) in [6, 6.07) is 19.9. The van der Waals surface area contributed by atoms with Crippen LogP contribution in [0.3, 0.4) is 0 Å². The zero-order valence-corrected chi connectivity index (χ0v) is 21.1. The van der Waals surface area contributed by atoms with E-state index in [1.54, 1.807) is 6.20 Å². The zero-order chi connectivity index (χ0) is 24.4. The van der Waals surface area contributed by atoms with Crippen LogP contribution in [0.25, 0.3) is 10.9 Å².